The average Bonchev–Trinajstić information content (AvgIpc) is 2.47. The molecule has 0 spiro atoms. The summed E-state index contributed by atoms with van der Waals surface area (Å²) in [6.45, 7) is 0. The van der Waals surface area contributed by atoms with Crippen LogP contribution in [0, 0.1) is 27.4 Å². The molecule has 1 aromatic rings. The number of aromatic hydroxyl groups is 1. The van der Waals surface area contributed by atoms with Crippen LogP contribution in [-0.2, 0) is 0 Å². The summed E-state index contributed by atoms with van der Waals surface area (Å²) < 4.78 is 0. The highest BCUT2D eigenvalue weighted by Gasteiger charge is 2.28. The van der Waals surface area contributed by atoms with Gasteiger partial charge < -0.3 is 10.8 Å². The van der Waals surface area contributed by atoms with Crippen molar-refractivity contribution in [3.05, 3.63) is 33.4 Å². The van der Waals surface area contributed by atoms with Gasteiger partial charge in [0.15, 0.2) is 5.75 Å². The lowest BCUT2D eigenvalue weighted by molar-refractivity contribution is -0.386. The molecule has 7 heteroatoms. The van der Waals surface area contributed by atoms with Gasteiger partial charge in [-0.1, -0.05) is 19.3 Å². The minimum atomic E-state index is -0.687. The molecule has 0 aliphatic heterocycles. The molecule has 0 aromatic heterocycles. The molecule has 1 atom stereocenters. The highest BCUT2D eigenvalue weighted by atomic mass is 35.5. The summed E-state index contributed by atoms with van der Waals surface area (Å²) in [5.74, 6) is -0.213. The third-order valence-electron chi connectivity index (χ3n) is 3.96. The van der Waals surface area contributed by atoms with Crippen molar-refractivity contribution in [2.45, 2.75) is 38.1 Å². The second kappa shape index (κ2) is 7.25. The van der Waals surface area contributed by atoms with E-state index in [9.17, 15) is 15.2 Å². The van der Waals surface area contributed by atoms with Gasteiger partial charge in [0.1, 0.15) is 0 Å². The van der Waals surface area contributed by atoms with E-state index >= 15 is 0 Å². The fourth-order valence-corrected chi connectivity index (χ4v) is 2.85. The van der Waals surface area contributed by atoms with Crippen LogP contribution in [0.15, 0.2) is 12.1 Å². The van der Waals surface area contributed by atoms with Gasteiger partial charge in [0.2, 0.25) is 0 Å². The molecule has 0 amide bonds. The number of nitro benzene ring substituents is 1. The number of rotatable bonds is 3. The molecular formula is C14H18ClN3O3. The molecule has 1 fully saturated rings. The number of hydrogen-bond acceptors (Lipinski definition) is 5. The van der Waals surface area contributed by atoms with Crippen molar-refractivity contribution >= 4 is 18.1 Å². The first-order chi connectivity index (χ1) is 9.54. The van der Waals surface area contributed by atoms with Crippen LogP contribution in [0.1, 0.15) is 49.3 Å². The Morgan fingerprint density at radius 2 is 2.00 bits per heavy atom. The summed E-state index contributed by atoms with van der Waals surface area (Å²) in [7, 11) is 0. The van der Waals surface area contributed by atoms with Gasteiger partial charge in [-0.05, 0) is 24.8 Å². The summed E-state index contributed by atoms with van der Waals surface area (Å²) >= 11 is 0. The zero-order valence-electron chi connectivity index (χ0n) is 11.5. The van der Waals surface area contributed by atoms with Gasteiger partial charge in [0, 0.05) is 17.7 Å². The van der Waals surface area contributed by atoms with Gasteiger partial charge >= 0.3 is 5.69 Å². The van der Waals surface area contributed by atoms with Gasteiger partial charge in [-0.25, -0.2) is 0 Å². The van der Waals surface area contributed by atoms with Crippen molar-refractivity contribution < 1.29 is 10.0 Å². The predicted molar refractivity (Wildman–Crippen MR) is 80.2 cm³/mol. The van der Waals surface area contributed by atoms with E-state index in [-0.39, 0.29) is 23.9 Å². The van der Waals surface area contributed by atoms with Crippen molar-refractivity contribution in [1.29, 1.82) is 5.26 Å². The largest absolute Gasteiger partial charge is 0.502 e. The number of nitro groups is 1. The molecule has 0 saturated heterocycles. The number of nitrogens with zero attached hydrogens (tertiary/aromatic N) is 2. The SMILES string of the molecule is Cl.N#Cc1cc([C@@H](N)C2CCCCC2)c(O)c([N+](=O)[O-])c1. The Balaban J connectivity index is 0.00000220. The number of hydrogen-bond donors (Lipinski definition) is 2. The van der Waals surface area contributed by atoms with Gasteiger partial charge in [-0.2, -0.15) is 5.26 Å². The molecule has 1 saturated carbocycles. The smallest absolute Gasteiger partial charge is 0.312 e. The Morgan fingerprint density at radius 3 is 2.52 bits per heavy atom. The molecule has 0 heterocycles. The second-order valence-electron chi connectivity index (χ2n) is 5.23. The molecule has 0 unspecified atom stereocenters. The minimum absolute atomic E-state index is 0. The van der Waals surface area contributed by atoms with Crippen molar-refractivity contribution in [3.8, 4) is 11.8 Å². The van der Waals surface area contributed by atoms with Crippen LogP contribution in [0.25, 0.3) is 0 Å². The number of phenolic OH excluding ortho intramolecular Hbond substituents is 1. The van der Waals surface area contributed by atoms with E-state index in [2.05, 4.69) is 0 Å². The molecule has 114 valence electrons. The number of benzene rings is 1. The Labute approximate surface area is 129 Å². The quantitative estimate of drug-likeness (QED) is 0.657. The van der Waals surface area contributed by atoms with Crippen LogP contribution in [0.4, 0.5) is 5.69 Å². The third-order valence-corrected chi connectivity index (χ3v) is 3.96. The fraction of sp³-hybridized carbons (Fsp3) is 0.500. The van der Waals surface area contributed by atoms with Gasteiger partial charge in [0.05, 0.1) is 16.6 Å². The number of nitrogens with two attached hydrogens (primary N) is 1. The fourth-order valence-electron chi connectivity index (χ4n) is 2.85. The molecule has 0 radical (unpaired) electrons. The highest BCUT2D eigenvalue weighted by Crippen LogP contribution is 2.40. The lowest BCUT2D eigenvalue weighted by Crippen LogP contribution is -2.23. The molecule has 0 bridgehead atoms. The van der Waals surface area contributed by atoms with Crippen LogP contribution in [0.3, 0.4) is 0 Å². The van der Waals surface area contributed by atoms with Crippen molar-refractivity contribution in [3.63, 3.8) is 0 Å². The van der Waals surface area contributed by atoms with E-state index in [0.717, 1.165) is 31.7 Å². The molecular weight excluding hydrogens is 294 g/mol. The van der Waals surface area contributed by atoms with Gasteiger partial charge in [-0.3, -0.25) is 10.1 Å². The molecule has 1 aliphatic carbocycles. The van der Waals surface area contributed by atoms with Crippen molar-refractivity contribution in [1.82, 2.24) is 0 Å². The van der Waals surface area contributed by atoms with Gasteiger partial charge in [0.25, 0.3) is 0 Å². The van der Waals surface area contributed by atoms with Crippen LogP contribution in [0.2, 0.25) is 0 Å². The summed E-state index contributed by atoms with van der Waals surface area (Å²) in [5, 5.41) is 29.9. The van der Waals surface area contributed by atoms with Crippen LogP contribution < -0.4 is 5.73 Å². The molecule has 2 rings (SSSR count). The maximum Gasteiger partial charge on any atom is 0.312 e. The van der Waals surface area contributed by atoms with Crippen LogP contribution in [-0.4, -0.2) is 10.0 Å². The Hall–Kier alpha value is -1.84. The third kappa shape index (κ3) is 3.63. The zero-order chi connectivity index (χ0) is 14.7. The van der Waals surface area contributed by atoms with Gasteiger partial charge in [-0.15, -0.1) is 12.4 Å². The molecule has 1 aliphatic rings. The first-order valence-corrected chi connectivity index (χ1v) is 6.71. The van der Waals surface area contributed by atoms with E-state index in [1.54, 1.807) is 0 Å². The monoisotopic (exact) mass is 311 g/mol. The first kappa shape index (κ1) is 17.2. The predicted octanol–water partition coefficient (Wildman–Crippen LogP) is 3.17. The minimum Gasteiger partial charge on any atom is -0.502 e. The summed E-state index contributed by atoms with van der Waals surface area (Å²) in [5.41, 5.74) is 6.17. The van der Waals surface area contributed by atoms with Crippen molar-refractivity contribution in [2.24, 2.45) is 11.7 Å². The Morgan fingerprint density at radius 1 is 1.38 bits per heavy atom. The summed E-state index contributed by atoms with van der Waals surface area (Å²) in [6.07, 6.45) is 5.24. The first-order valence-electron chi connectivity index (χ1n) is 6.71. The lowest BCUT2D eigenvalue weighted by Gasteiger charge is -2.28. The number of halogens is 1. The average molecular weight is 312 g/mol. The topological polar surface area (TPSA) is 113 Å². The second-order valence-corrected chi connectivity index (χ2v) is 5.23. The molecule has 6 nitrogen and oxygen atoms in total. The Kier molecular flexibility index (Phi) is 5.94. The molecule has 3 N–H and O–H groups in total. The highest BCUT2D eigenvalue weighted by molar-refractivity contribution is 5.85. The normalized spacial score (nSPS) is 16.6. The number of nitriles is 1. The van der Waals surface area contributed by atoms with Crippen LogP contribution >= 0.6 is 12.4 Å². The molecule has 1 aromatic carbocycles. The maximum atomic E-state index is 10.9. The summed E-state index contributed by atoms with van der Waals surface area (Å²) in [4.78, 5) is 10.2. The lowest BCUT2D eigenvalue weighted by atomic mass is 9.81. The van der Waals surface area contributed by atoms with E-state index in [0.29, 0.717) is 5.56 Å². The van der Waals surface area contributed by atoms with E-state index in [1.807, 2.05) is 6.07 Å². The number of phenols is 1. The standard InChI is InChI=1S/C14H17N3O3.ClH/c15-8-9-6-11(14(18)12(7-9)17(19)20)13(16)10-4-2-1-3-5-10;/h6-7,10,13,18H,1-5,16H2;1H/t13-;/m0./s1. The maximum absolute atomic E-state index is 10.9. The van der Waals surface area contributed by atoms with E-state index < -0.39 is 22.4 Å². The van der Waals surface area contributed by atoms with Crippen LogP contribution in [0.5, 0.6) is 5.75 Å². The Bertz CT molecular complexity index is 565. The van der Waals surface area contributed by atoms with E-state index in [1.165, 1.54) is 12.5 Å². The summed E-state index contributed by atoms with van der Waals surface area (Å²) in [6, 6.07) is 3.94. The van der Waals surface area contributed by atoms with E-state index in [4.69, 9.17) is 11.0 Å². The molecule has 21 heavy (non-hydrogen) atoms. The zero-order valence-corrected chi connectivity index (χ0v) is 12.3. The van der Waals surface area contributed by atoms with Crippen molar-refractivity contribution in [2.75, 3.05) is 0 Å².